The molecular weight excluding hydrogens is 182 g/mol. The third-order valence-electron chi connectivity index (χ3n) is 1.91. The number of hydrogen-bond donors (Lipinski definition) is 1. The molecule has 1 N–H and O–H groups in total. The fourth-order valence-electron chi connectivity index (χ4n) is 1.11. The number of benzene rings is 1. The van der Waals surface area contributed by atoms with Crippen LogP contribution < -0.4 is 10.1 Å². The average Bonchev–Trinajstić information content (AvgIpc) is 2.13. The van der Waals surface area contributed by atoms with Gasteiger partial charge in [-0.25, -0.2) is 4.79 Å². The Morgan fingerprint density at radius 3 is 2.64 bits per heavy atom. The van der Waals surface area contributed by atoms with E-state index in [4.69, 9.17) is 9.47 Å². The molecular formula is C10H11NO3. The maximum absolute atomic E-state index is 11.2. The average molecular weight is 193 g/mol. The van der Waals surface area contributed by atoms with Gasteiger partial charge in [-0.05, 0) is 12.1 Å². The van der Waals surface area contributed by atoms with Gasteiger partial charge in [0.25, 0.3) is 0 Å². The van der Waals surface area contributed by atoms with Crippen LogP contribution in [0.25, 0.3) is 0 Å². The van der Waals surface area contributed by atoms with Gasteiger partial charge in [0.15, 0.2) is 0 Å². The molecule has 0 unspecified atom stereocenters. The van der Waals surface area contributed by atoms with Gasteiger partial charge in [0.1, 0.15) is 5.75 Å². The second kappa shape index (κ2) is 4.11. The molecule has 0 radical (unpaired) electrons. The van der Waals surface area contributed by atoms with Gasteiger partial charge in [-0.15, -0.1) is 0 Å². The van der Waals surface area contributed by atoms with Crippen LogP contribution in [0.4, 0.5) is 4.79 Å². The maximum atomic E-state index is 11.2. The summed E-state index contributed by atoms with van der Waals surface area (Å²) in [5, 5.41) is 2.68. The van der Waals surface area contributed by atoms with Gasteiger partial charge < -0.3 is 14.8 Å². The SMILES string of the molecule is O=C(NC1COC1)Oc1ccccc1. The fourth-order valence-corrected chi connectivity index (χ4v) is 1.11. The zero-order chi connectivity index (χ0) is 9.80. The van der Waals surface area contributed by atoms with Crippen LogP contribution in [0.2, 0.25) is 0 Å². The Hall–Kier alpha value is -1.55. The summed E-state index contributed by atoms with van der Waals surface area (Å²) in [6, 6.07) is 9.06. The van der Waals surface area contributed by atoms with Crippen LogP contribution in [0.3, 0.4) is 0 Å². The van der Waals surface area contributed by atoms with Crippen molar-refractivity contribution in [2.24, 2.45) is 0 Å². The zero-order valence-corrected chi connectivity index (χ0v) is 7.60. The number of amides is 1. The van der Waals surface area contributed by atoms with Crippen LogP contribution in [0.15, 0.2) is 30.3 Å². The van der Waals surface area contributed by atoms with Gasteiger partial charge in [0, 0.05) is 0 Å². The standard InChI is InChI=1S/C10H11NO3/c12-10(11-8-6-13-7-8)14-9-4-2-1-3-5-9/h1-5,8H,6-7H2,(H,11,12). The minimum absolute atomic E-state index is 0.103. The van der Waals surface area contributed by atoms with E-state index >= 15 is 0 Å². The number of ether oxygens (including phenoxy) is 2. The Kier molecular flexibility index (Phi) is 2.65. The van der Waals surface area contributed by atoms with Crippen LogP contribution in [0, 0.1) is 0 Å². The van der Waals surface area contributed by atoms with Gasteiger partial charge in [0.2, 0.25) is 0 Å². The van der Waals surface area contributed by atoms with Crippen molar-refractivity contribution in [3.63, 3.8) is 0 Å². The van der Waals surface area contributed by atoms with Crippen molar-refractivity contribution >= 4 is 6.09 Å². The van der Waals surface area contributed by atoms with Gasteiger partial charge >= 0.3 is 6.09 Å². The van der Waals surface area contributed by atoms with E-state index < -0.39 is 6.09 Å². The third-order valence-corrected chi connectivity index (χ3v) is 1.91. The Bertz CT molecular complexity index is 308. The Labute approximate surface area is 81.8 Å². The lowest BCUT2D eigenvalue weighted by molar-refractivity contribution is -0.00249. The van der Waals surface area contributed by atoms with Crippen LogP contribution in [-0.4, -0.2) is 25.3 Å². The largest absolute Gasteiger partial charge is 0.412 e. The van der Waals surface area contributed by atoms with Crippen molar-refractivity contribution in [1.29, 1.82) is 0 Å². The lowest BCUT2D eigenvalue weighted by Crippen LogP contribution is -2.49. The van der Waals surface area contributed by atoms with Crippen LogP contribution in [0.1, 0.15) is 0 Å². The second-order valence-corrected chi connectivity index (χ2v) is 3.08. The highest BCUT2D eigenvalue weighted by Gasteiger charge is 2.20. The minimum atomic E-state index is -0.426. The van der Waals surface area contributed by atoms with Gasteiger partial charge in [-0.1, -0.05) is 18.2 Å². The molecule has 4 heteroatoms. The summed E-state index contributed by atoms with van der Waals surface area (Å²) >= 11 is 0. The topological polar surface area (TPSA) is 47.6 Å². The first-order chi connectivity index (χ1) is 6.84. The van der Waals surface area contributed by atoms with Crippen molar-refractivity contribution in [2.45, 2.75) is 6.04 Å². The molecule has 1 aromatic carbocycles. The minimum Gasteiger partial charge on any atom is -0.410 e. The van der Waals surface area contributed by atoms with Crippen molar-refractivity contribution in [2.75, 3.05) is 13.2 Å². The molecule has 1 aliphatic rings. The maximum Gasteiger partial charge on any atom is 0.412 e. The normalized spacial score (nSPS) is 15.7. The van der Waals surface area contributed by atoms with Gasteiger partial charge in [0.05, 0.1) is 19.3 Å². The van der Waals surface area contributed by atoms with Crippen molar-refractivity contribution in [3.05, 3.63) is 30.3 Å². The van der Waals surface area contributed by atoms with Crippen molar-refractivity contribution < 1.29 is 14.3 Å². The van der Waals surface area contributed by atoms with Crippen molar-refractivity contribution in [3.8, 4) is 5.75 Å². The number of carbonyl (C=O) groups excluding carboxylic acids is 1. The number of carbonyl (C=O) groups is 1. The lowest BCUT2D eigenvalue weighted by atomic mass is 10.3. The Morgan fingerprint density at radius 1 is 1.36 bits per heavy atom. The molecule has 1 heterocycles. The zero-order valence-electron chi connectivity index (χ0n) is 7.60. The quantitative estimate of drug-likeness (QED) is 0.767. The molecule has 0 spiro atoms. The van der Waals surface area contributed by atoms with Crippen LogP contribution in [0.5, 0.6) is 5.75 Å². The van der Waals surface area contributed by atoms with E-state index in [-0.39, 0.29) is 6.04 Å². The summed E-state index contributed by atoms with van der Waals surface area (Å²) in [5.41, 5.74) is 0. The Balaban J connectivity index is 1.82. The van der Waals surface area contributed by atoms with Crippen molar-refractivity contribution in [1.82, 2.24) is 5.32 Å². The first kappa shape index (κ1) is 9.02. The smallest absolute Gasteiger partial charge is 0.410 e. The van der Waals surface area contributed by atoms with E-state index in [1.54, 1.807) is 12.1 Å². The molecule has 74 valence electrons. The molecule has 0 aromatic heterocycles. The van der Waals surface area contributed by atoms with E-state index in [1.807, 2.05) is 18.2 Å². The predicted molar refractivity (Wildman–Crippen MR) is 50.2 cm³/mol. The summed E-state index contributed by atoms with van der Waals surface area (Å²) in [5.74, 6) is 0.547. The summed E-state index contributed by atoms with van der Waals surface area (Å²) in [4.78, 5) is 11.2. The molecule has 1 fully saturated rings. The highest BCUT2D eigenvalue weighted by Crippen LogP contribution is 2.08. The van der Waals surface area contributed by atoms with Gasteiger partial charge in [-0.2, -0.15) is 0 Å². The number of hydrogen-bond acceptors (Lipinski definition) is 3. The van der Waals surface area contributed by atoms with E-state index in [2.05, 4.69) is 5.32 Å². The molecule has 4 nitrogen and oxygen atoms in total. The van der Waals surface area contributed by atoms with Crippen LogP contribution in [-0.2, 0) is 4.74 Å². The highest BCUT2D eigenvalue weighted by molar-refractivity contribution is 5.70. The monoisotopic (exact) mass is 193 g/mol. The van der Waals surface area contributed by atoms with E-state index in [1.165, 1.54) is 0 Å². The molecule has 0 saturated carbocycles. The second-order valence-electron chi connectivity index (χ2n) is 3.08. The molecule has 1 saturated heterocycles. The van der Waals surface area contributed by atoms with Gasteiger partial charge in [-0.3, -0.25) is 0 Å². The predicted octanol–water partition coefficient (Wildman–Crippen LogP) is 1.17. The molecule has 14 heavy (non-hydrogen) atoms. The van der Waals surface area contributed by atoms with E-state index in [9.17, 15) is 4.79 Å². The summed E-state index contributed by atoms with van der Waals surface area (Å²) in [6.07, 6.45) is -0.426. The number of rotatable bonds is 2. The molecule has 0 aliphatic carbocycles. The summed E-state index contributed by atoms with van der Waals surface area (Å²) in [7, 11) is 0. The lowest BCUT2D eigenvalue weighted by Gasteiger charge is -2.26. The molecule has 1 aromatic rings. The number of nitrogens with one attached hydrogen (secondary N) is 1. The third kappa shape index (κ3) is 2.23. The number of para-hydroxylation sites is 1. The fraction of sp³-hybridized carbons (Fsp3) is 0.300. The first-order valence-electron chi connectivity index (χ1n) is 4.46. The summed E-state index contributed by atoms with van der Waals surface area (Å²) in [6.45, 7) is 1.15. The molecule has 0 atom stereocenters. The molecule has 1 aliphatic heterocycles. The van der Waals surface area contributed by atoms with Crippen LogP contribution >= 0.6 is 0 Å². The molecule has 0 bridgehead atoms. The van der Waals surface area contributed by atoms with E-state index in [0.29, 0.717) is 19.0 Å². The highest BCUT2D eigenvalue weighted by atomic mass is 16.6. The molecule has 1 amide bonds. The summed E-state index contributed by atoms with van der Waals surface area (Å²) < 4.78 is 9.93. The Morgan fingerprint density at radius 2 is 2.07 bits per heavy atom. The first-order valence-corrected chi connectivity index (χ1v) is 4.46. The molecule has 2 rings (SSSR count). The van der Waals surface area contributed by atoms with E-state index in [0.717, 1.165) is 0 Å².